The zero-order chi connectivity index (χ0) is 16.5. The summed E-state index contributed by atoms with van der Waals surface area (Å²) in [5.74, 6) is 1.94. The smallest absolute Gasteiger partial charge is 0.174 e. The van der Waals surface area contributed by atoms with Crippen LogP contribution in [0.4, 0.5) is 8.78 Å². The van der Waals surface area contributed by atoms with Crippen LogP contribution in [-0.4, -0.2) is 8.80 Å². The highest BCUT2D eigenvalue weighted by Gasteiger charge is 2.30. The summed E-state index contributed by atoms with van der Waals surface area (Å²) in [7, 11) is -0.411. The van der Waals surface area contributed by atoms with Crippen molar-refractivity contribution in [2.24, 2.45) is 17.8 Å². The van der Waals surface area contributed by atoms with Crippen LogP contribution in [0.3, 0.4) is 0 Å². The molecule has 0 bridgehead atoms. The molecule has 1 aliphatic heterocycles. The van der Waals surface area contributed by atoms with Crippen LogP contribution in [0.25, 0.3) is 0 Å². The fraction of sp³-hybridized carbons (Fsp3) is 0.900. The van der Waals surface area contributed by atoms with Gasteiger partial charge in [0.1, 0.15) is 0 Å². The lowest BCUT2D eigenvalue weighted by Gasteiger charge is -2.37. The molecule has 0 amide bonds. The van der Waals surface area contributed by atoms with Gasteiger partial charge < -0.3 is 0 Å². The number of hydrogen-bond acceptors (Lipinski definition) is 0. The molecule has 134 valence electrons. The fourth-order valence-corrected chi connectivity index (χ4v) is 8.48. The van der Waals surface area contributed by atoms with Gasteiger partial charge in [-0.2, -0.15) is 8.78 Å². The van der Waals surface area contributed by atoms with Crippen LogP contribution in [0.15, 0.2) is 12.2 Å². The summed E-state index contributed by atoms with van der Waals surface area (Å²) in [6, 6.07) is 4.72. The van der Waals surface area contributed by atoms with Crippen LogP contribution in [-0.2, 0) is 0 Å². The lowest BCUT2D eigenvalue weighted by atomic mass is 9.74. The number of unbranched alkanes of at least 4 members (excludes halogenated alkanes) is 4. The van der Waals surface area contributed by atoms with Crippen LogP contribution < -0.4 is 0 Å². The molecule has 0 aromatic carbocycles. The Kier molecular flexibility index (Phi) is 8.85. The summed E-state index contributed by atoms with van der Waals surface area (Å²) in [6.07, 6.45) is 14.2. The molecule has 2 rings (SSSR count). The van der Waals surface area contributed by atoms with E-state index in [0.717, 1.165) is 24.7 Å². The van der Waals surface area contributed by atoms with E-state index in [1.54, 1.807) is 18.1 Å². The van der Waals surface area contributed by atoms with Crippen molar-refractivity contribution in [2.45, 2.75) is 95.7 Å². The average molecular weight is 343 g/mol. The van der Waals surface area contributed by atoms with E-state index in [-0.39, 0.29) is 5.92 Å². The highest BCUT2D eigenvalue weighted by Crippen LogP contribution is 2.41. The summed E-state index contributed by atoms with van der Waals surface area (Å²) >= 11 is 0. The van der Waals surface area contributed by atoms with E-state index in [2.05, 4.69) is 6.92 Å². The average Bonchev–Trinajstić information content (AvgIpc) is 2.55. The van der Waals surface area contributed by atoms with Gasteiger partial charge in [0.15, 0.2) is 0 Å². The monoisotopic (exact) mass is 342 g/mol. The second-order valence-corrected chi connectivity index (χ2v) is 11.6. The summed E-state index contributed by atoms with van der Waals surface area (Å²) in [5, 5.41) is 0. The molecule has 0 aromatic heterocycles. The number of hydrogen-bond donors (Lipinski definition) is 0. The molecule has 1 saturated heterocycles. The van der Waals surface area contributed by atoms with Gasteiger partial charge >= 0.3 is 0 Å². The Morgan fingerprint density at radius 2 is 1.48 bits per heavy atom. The molecule has 3 heteroatoms. The molecular formula is C20H36F2Si. The molecule has 23 heavy (non-hydrogen) atoms. The van der Waals surface area contributed by atoms with E-state index in [9.17, 15) is 8.78 Å². The molecule has 2 fully saturated rings. The first-order valence-electron chi connectivity index (χ1n) is 10.2. The first kappa shape index (κ1) is 19.1. The van der Waals surface area contributed by atoms with Crippen molar-refractivity contribution in [2.75, 3.05) is 0 Å². The maximum atomic E-state index is 12.4. The molecule has 0 radical (unpaired) electrons. The molecule has 0 atom stereocenters. The van der Waals surface area contributed by atoms with E-state index < -0.39 is 14.9 Å². The Balaban J connectivity index is 1.59. The number of allylic oxidation sites excluding steroid dienone is 1. The van der Waals surface area contributed by atoms with Crippen molar-refractivity contribution in [3.05, 3.63) is 12.2 Å². The molecule has 0 N–H and O–H groups in total. The SMILES string of the molecule is CCCCCCC[SiH]1CCC(C2CCC(C=C(F)F)CC2)CC1. The maximum Gasteiger partial charge on any atom is 0.266 e. The second kappa shape index (κ2) is 10.6. The normalized spacial score (nSPS) is 31.8. The van der Waals surface area contributed by atoms with Crippen molar-refractivity contribution >= 4 is 8.80 Å². The molecule has 0 unspecified atom stereocenters. The van der Waals surface area contributed by atoms with Gasteiger partial charge in [0.2, 0.25) is 0 Å². The zero-order valence-electron chi connectivity index (χ0n) is 15.0. The van der Waals surface area contributed by atoms with Gasteiger partial charge in [0, 0.05) is 8.80 Å². The number of halogens is 2. The Morgan fingerprint density at radius 1 is 0.870 bits per heavy atom. The van der Waals surface area contributed by atoms with E-state index in [1.807, 2.05) is 0 Å². The summed E-state index contributed by atoms with van der Waals surface area (Å²) in [6.45, 7) is 2.29. The van der Waals surface area contributed by atoms with Gasteiger partial charge in [0.25, 0.3) is 6.08 Å². The molecule has 1 heterocycles. The minimum Gasteiger partial charge on any atom is -0.174 e. The highest BCUT2D eigenvalue weighted by atomic mass is 28.3. The molecular weight excluding hydrogens is 306 g/mol. The van der Waals surface area contributed by atoms with Crippen LogP contribution in [0.5, 0.6) is 0 Å². The second-order valence-electron chi connectivity index (χ2n) is 8.11. The van der Waals surface area contributed by atoms with Gasteiger partial charge in [-0.15, -0.1) is 0 Å². The van der Waals surface area contributed by atoms with Crippen molar-refractivity contribution in [1.29, 1.82) is 0 Å². The largest absolute Gasteiger partial charge is 0.266 e. The lowest BCUT2D eigenvalue weighted by Crippen LogP contribution is -2.28. The first-order chi connectivity index (χ1) is 11.2. The topological polar surface area (TPSA) is 0 Å². The molecule has 0 nitrogen and oxygen atoms in total. The van der Waals surface area contributed by atoms with Gasteiger partial charge in [-0.1, -0.05) is 70.0 Å². The number of rotatable bonds is 8. The van der Waals surface area contributed by atoms with Gasteiger partial charge in [-0.05, 0) is 49.5 Å². The zero-order valence-corrected chi connectivity index (χ0v) is 16.2. The third-order valence-electron chi connectivity index (χ3n) is 6.45. The van der Waals surface area contributed by atoms with Crippen LogP contribution in [0.1, 0.15) is 77.6 Å². The van der Waals surface area contributed by atoms with Gasteiger partial charge in [0.05, 0.1) is 0 Å². The van der Waals surface area contributed by atoms with Crippen molar-refractivity contribution < 1.29 is 8.78 Å². The van der Waals surface area contributed by atoms with Crippen molar-refractivity contribution in [3.8, 4) is 0 Å². The van der Waals surface area contributed by atoms with Gasteiger partial charge in [-0.25, -0.2) is 0 Å². The Morgan fingerprint density at radius 3 is 2.09 bits per heavy atom. The minimum atomic E-state index is -1.47. The van der Waals surface area contributed by atoms with E-state index in [0.29, 0.717) is 0 Å². The van der Waals surface area contributed by atoms with Crippen LogP contribution in [0, 0.1) is 17.8 Å². The van der Waals surface area contributed by atoms with Crippen molar-refractivity contribution in [3.63, 3.8) is 0 Å². The Bertz CT molecular complexity index is 336. The Labute approximate surface area is 143 Å². The first-order valence-corrected chi connectivity index (χ1v) is 12.7. The summed E-state index contributed by atoms with van der Waals surface area (Å²) < 4.78 is 24.7. The third kappa shape index (κ3) is 7.07. The molecule has 1 aliphatic carbocycles. The predicted molar refractivity (Wildman–Crippen MR) is 98.8 cm³/mol. The highest BCUT2D eigenvalue weighted by molar-refractivity contribution is 6.58. The summed E-state index contributed by atoms with van der Waals surface area (Å²) in [4.78, 5) is 0. The standard InChI is InChI=1S/C20H36F2Si/c1-2-3-4-5-6-13-23-14-11-19(12-15-23)18-9-7-17(8-10-18)16-20(21)22/h16-19,23H,2-15H2,1H3. The maximum absolute atomic E-state index is 12.4. The lowest BCUT2D eigenvalue weighted by molar-refractivity contribution is 0.206. The fourth-order valence-electron chi connectivity index (χ4n) is 4.95. The third-order valence-corrected chi connectivity index (χ3v) is 9.98. The van der Waals surface area contributed by atoms with E-state index in [1.165, 1.54) is 63.9 Å². The molecule has 0 aromatic rings. The van der Waals surface area contributed by atoms with E-state index >= 15 is 0 Å². The molecule has 1 saturated carbocycles. The quantitative estimate of drug-likeness (QED) is 0.324. The van der Waals surface area contributed by atoms with Crippen LogP contribution in [0.2, 0.25) is 18.1 Å². The minimum absolute atomic E-state index is 0.157. The predicted octanol–water partition coefficient (Wildman–Crippen LogP) is 7.18. The molecule has 0 spiro atoms. The Hall–Kier alpha value is -0.183. The van der Waals surface area contributed by atoms with Crippen LogP contribution >= 0.6 is 0 Å². The summed E-state index contributed by atoms with van der Waals surface area (Å²) in [5.41, 5.74) is 0. The molecule has 2 aliphatic rings. The van der Waals surface area contributed by atoms with Crippen molar-refractivity contribution in [1.82, 2.24) is 0 Å². The van der Waals surface area contributed by atoms with E-state index in [4.69, 9.17) is 0 Å². The van der Waals surface area contributed by atoms with Gasteiger partial charge in [-0.3, -0.25) is 0 Å².